The van der Waals surface area contributed by atoms with Gasteiger partial charge in [-0.25, -0.2) is 0 Å². The minimum atomic E-state index is 0.0557. The molecule has 0 fully saturated rings. The van der Waals surface area contributed by atoms with Crippen LogP contribution < -0.4 is 9.47 Å². The fourth-order valence-corrected chi connectivity index (χ4v) is 2.20. The largest absolute Gasteiger partial charge is 0.504 e. The highest BCUT2D eigenvalue weighted by Crippen LogP contribution is 2.40. The Kier molecular flexibility index (Phi) is 5.26. The van der Waals surface area contributed by atoms with Crippen LogP contribution in [0.3, 0.4) is 0 Å². The highest BCUT2D eigenvalue weighted by molar-refractivity contribution is 5.54. The zero-order valence-electron chi connectivity index (χ0n) is 12.7. The van der Waals surface area contributed by atoms with E-state index < -0.39 is 0 Å². The normalized spacial score (nSPS) is 10.0. The third kappa shape index (κ3) is 3.70. The lowest BCUT2D eigenvalue weighted by Gasteiger charge is -2.13. The average Bonchev–Trinajstić information content (AvgIpc) is 2.50. The first-order valence-corrected chi connectivity index (χ1v) is 7.06. The molecular weight excluding hydrogens is 276 g/mol. The van der Waals surface area contributed by atoms with E-state index in [0.29, 0.717) is 23.7 Å². The van der Waals surface area contributed by atoms with Crippen LogP contribution in [0.25, 0.3) is 0 Å². The SMILES string of the molecule is C=CCc1ccc(Oc2cc(CC=C)cc(O)c2OC)cc1. The molecule has 0 saturated heterocycles. The molecular formula is C19H20O3. The van der Waals surface area contributed by atoms with Gasteiger partial charge in [-0.15, -0.1) is 13.2 Å². The lowest BCUT2D eigenvalue weighted by atomic mass is 10.1. The number of hydrogen-bond donors (Lipinski definition) is 1. The number of aromatic hydroxyl groups is 1. The molecule has 22 heavy (non-hydrogen) atoms. The van der Waals surface area contributed by atoms with Crippen molar-refractivity contribution in [2.45, 2.75) is 12.8 Å². The first kappa shape index (κ1) is 15.7. The van der Waals surface area contributed by atoms with Crippen LogP contribution in [-0.2, 0) is 12.8 Å². The molecule has 0 unspecified atom stereocenters. The number of phenolic OH excluding ortho intramolecular Hbond substituents is 1. The lowest BCUT2D eigenvalue weighted by Crippen LogP contribution is -1.93. The average molecular weight is 296 g/mol. The van der Waals surface area contributed by atoms with E-state index in [2.05, 4.69) is 13.2 Å². The molecule has 0 saturated carbocycles. The van der Waals surface area contributed by atoms with Crippen molar-refractivity contribution in [2.24, 2.45) is 0 Å². The minimum absolute atomic E-state index is 0.0557. The van der Waals surface area contributed by atoms with Crippen LogP contribution >= 0.6 is 0 Å². The molecule has 2 aromatic carbocycles. The summed E-state index contributed by atoms with van der Waals surface area (Å²) in [5.41, 5.74) is 2.07. The summed E-state index contributed by atoms with van der Waals surface area (Å²) in [6.07, 6.45) is 5.09. The van der Waals surface area contributed by atoms with Crippen LogP contribution in [0.2, 0.25) is 0 Å². The quantitative estimate of drug-likeness (QED) is 0.756. The van der Waals surface area contributed by atoms with Crippen molar-refractivity contribution in [1.82, 2.24) is 0 Å². The number of methoxy groups -OCH3 is 1. The zero-order valence-corrected chi connectivity index (χ0v) is 12.7. The standard InChI is InChI=1S/C19H20O3/c1-4-6-14-8-10-16(11-9-14)22-18-13-15(7-5-2)12-17(20)19(18)21-3/h4-5,8-13,20H,1-2,6-7H2,3H3. The van der Waals surface area contributed by atoms with Crippen molar-refractivity contribution in [1.29, 1.82) is 0 Å². The maximum Gasteiger partial charge on any atom is 0.203 e. The molecule has 0 radical (unpaired) electrons. The van der Waals surface area contributed by atoms with Gasteiger partial charge in [-0.05, 0) is 48.2 Å². The third-order valence-corrected chi connectivity index (χ3v) is 3.21. The highest BCUT2D eigenvalue weighted by Gasteiger charge is 2.13. The van der Waals surface area contributed by atoms with Crippen molar-refractivity contribution in [3.8, 4) is 23.0 Å². The van der Waals surface area contributed by atoms with Crippen LogP contribution in [-0.4, -0.2) is 12.2 Å². The van der Waals surface area contributed by atoms with E-state index >= 15 is 0 Å². The molecule has 1 N–H and O–H groups in total. The van der Waals surface area contributed by atoms with Gasteiger partial charge < -0.3 is 14.6 Å². The fourth-order valence-electron chi connectivity index (χ4n) is 2.20. The Morgan fingerprint density at radius 1 is 1.00 bits per heavy atom. The van der Waals surface area contributed by atoms with Crippen LogP contribution in [0, 0.1) is 0 Å². The Labute approximate surface area is 131 Å². The number of phenols is 1. The second-order valence-corrected chi connectivity index (χ2v) is 4.88. The minimum Gasteiger partial charge on any atom is -0.504 e. The number of rotatable bonds is 7. The van der Waals surface area contributed by atoms with Gasteiger partial charge in [-0.1, -0.05) is 24.3 Å². The molecule has 0 amide bonds. The van der Waals surface area contributed by atoms with Gasteiger partial charge in [-0.2, -0.15) is 0 Å². The second-order valence-electron chi connectivity index (χ2n) is 4.88. The summed E-state index contributed by atoms with van der Waals surface area (Å²) in [6, 6.07) is 11.2. The Bertz CT molecular complexity index is 657. The molecule has 3 heteroatoms. The summed E-state index contributed by atoms with van der Waals surface area (Å²) in [7, 11) is 1.50. The van der Waals surface area contributed by atoms with Crippen molar-refractivity contribution in [2.75, 3.05) is 7.11 Å². The van der Waals surface area contributed by atoms with Crippen LogP contribution in [0.1, 0.15) is 11.1 Å². The van der Waals surface area contributed by atoms with E-state index in [0.717, 1.165) is 17.5 Å². The Morgan fingerprint density at radius 2 is 1.64 bits per heavy atom. The van der Waals surface area contributed by atoms with Gasteiger partial charge in [-0.3, -0.25) is 0 Å². The molecule has 0 aliphatic carbocycles. The predicted octanol–water partition coefficient (Wildman–Crippen LogP) is 4.65. The number of ether oxygens (including phenoxy) is 2. The number of benzene rings is 2. The Balaban J connectivity index is 2.30. The number of allylic oxidation sites excluding steroid dienone is 2. The van der Waals surface area contributed by atoms with Crippen molar-refractivity contribution in [3.05, 3.63) is 72.8 Å². The lowest BCUT2D eigenvalue weighted by molar-refractivity contribution is 0.348. The fraction of sp³-hybridized carbons (Fsp3) is 0.158. The third-order valence-electron chi connectivity index (χ3n) is 3.21. The van der Waals surface area contributed by atoms with E-state index in [1.807, 2.05) is 36.4 Å². The molecule has 0 aliphatic rings. The van der Waals surface area contributed by atoms with E-state index in [4.69, 9.17) is 9.47 Å². The van der Waals surface area contributed by atoms with Crippen LogP contribution in [0.15, 0.2) is 61.7 Å². The zero-order chi connectivity index (χ0) is 15.9. The topological polar surface area (TPSA) is 38.7 Å². The smallest absolute Gasteiger partial charge is 0.203 e. The molecule has 114 valence electrons. The molecule has 2 aromatic rings. The van der Waals surface area contributed by atoms with Gasteiger partial charge in [0.1, 0.15) is 5.75 Å². The van der Waals surface area contributed by atoms with Crippen LogP contribution in [0.4, 0.5) is 0 Å². The molecule has 0 aliphatic heterocycles. The van der Waals surface area contributed by atoms with Gasteiger partial charge in [0, 0.05) is 0 Å². The molecule has 0 spiro atoms. The molecule has 2 rings (SSSR count). The second kappa shape index (κ2) is 7.36. The van der Waals surface area contributed by atoms with Crippen molar-refractivity contribution in [3.63, 3.8) is 0 Å². The van der Waals surface area contributed by atoms with Gasteiger partial charge in [0.25, 0.3) is 0 Å². The van der Waals surface area contributed by atoms with E-state index in [9.17, 15) is 5.11 Å². The first-order chi connectivity index (χ1) is 10.7. The van der Waals surface area contributed by atoms with Gasteiger partial charge >= 0.3 is 0 Å². The highest BCUT2D eigenvalue weighted by atomic mass is 16.5. The van der Waals surface area contributed by atoms with E-state index in [-0.39, 0.29) is 5.75 Å². The molecule has 0 aromatic heterocycles. The molecule has 3 nitrogen and oxygen atoms in total. The van der Waals surface area contributed by atoms with E-state index in [1.54, 1.807) is 12.1 Å². The van der Waals surface area contributed by atoms with Gasteiger partial charge in [0.15, 0.2) is 11.5 Å². The van der Waals surface area contributed by atoms with Gasteiger partial charge in [0.05, 0.1) is 7.11 Å². The van der Waals surface area contributed by atoms with E-state index in [1.165, 1.54) is 7.11 Å². The Hall–Kier alpha value is -2.68. The summed E-state index contributed by atoms with van der Waals surface area (Å²) < 4.78 is 11.1. The molecule has 0 bridgehead atoms. The van der Waals surface area contributed by atoms with Gasteiger partial charge in [0.2, 0.25) is 5.75 Å². The number of hydrogen-bond acceptors (Lipinski definition) is 3. The summed E-state index contributed by atoms with van der Waals surface area (Å²) in [5.74, 6) is 1.54. The van der Waals surface area contributed by atoms with Crippen molar-refractivity contribution < 1.29 is 14.6 Å². The maximum atomic E-state index is 10.0. The molecule has 0 heterocycles. The van der Waals surface area contributed by atoms with Crippen molar-refractivity contribution >= 4 is 0 Å². The predicted molar refractivity (Wildman–Crippen MR) is 89.0 cm³/mol. The summed E-state index contributed by atoms with van der Waals surface area (Å²) >= 11 is 0. The van der Waals surface area contributed by atoms with Crippen LogP contribution in [0.5, 0.6) is 23.0 Å². The maximum absolute atomic E-state index is 10.0. The summed E-state index contributed by atoms with van der Waals surface area (Å²) in [6.45, 7) is 7.43. The first-order valence-electron chi connectivity index (χ1n) is 7.06. The summed E-state index contributed by atoms with van der Waals surface area (Å²) in [5, 5.41) is 10.0. The monoisotopic (exact) mass is 296 g/mol. The summed E-state index contributed by atoms with van der Waals surface area (Å²) in [4.78, 5) is 0. The Morgan fingerprint density at radius 3 is 2.23 bits per heavy atom. The molecule has 0 atom stereocenters.